The SMILES string of the molecule is N#CC1CCCC1NC(=O)Cc1cccc(Cl)c1. The van der Waals surface area contributed by atoms with Gasteiger partial charge in [-0.25, -0.2) is 0 Å². The number of halogens is 1. The molecule has 1 amide bonds. The van der Waals surface area contributed by atoms with Gasteiger partial charge >= 0.3 is 0 Å². The molecule has 4 heteroatoms. The van der Waals surface area contributed by atoms with Crippen molar-refractivity contribution in [2.75, 3.05) is 0 Å². The number of benzene rings is 1. The van der Waals surface area contributed by atoms with E-state index in [2.05, 4.69) is 11.4 Å². The molecule has 2 atom stereocenters. The molecule has 3 nitrogen and oxygen atoms in total. The van der Waals surface area contributed by atoms with Gasteiger partial charge in [0.05, 0.1) is 18.4 Å². The maximum Gasteiger partial charge on any atom is 0.224 e. The van der Waals surface area contributed by atoms with E-state index < -0.39 is 0 Å². The Bertz CT molecular complexity index is 481. The van der Waals surface area contributed by atoms with E-state index in [-0.39, 0.29) is 17.9 Å². The predicted molar refractivity (Wildman–Crippen MR) is 70.0 cm³/mol. The van der Waals surface area contributed by atoms with Gasteiger partial charge in [0.2, 0.25) is 5.91 Å². The normalized spacial score (nSPS) is 22.4. The maximum atomic E-state index is 11.9. The van der Waals surface area contributed by atoms with Crippen LogP contribution in [0.15, 0.2) is 24.3 Å². The van der Waals surface area contributed by atoms with Crippen molar-refractivity contribution in [3.8, 4) is 6.07 Å². The van der Waals surface area contributed by atoms with Crippen molar-refractivity contribution in [1.82, 2.24) is 5.32 Å². The smallest absolute Gasteiger partial charge is 0.224 e. The highest BCUT2D eigenvalue weighted by atomic mass is 35.5. The van der Waals surface area contributed by atoms with E-state index in [1.165, 1.54) is 0 Å². The molecule has 1 fully saturated rings. The zero-order valence-corrected chi connectivity index (χ0v) is 10.8. The van der Waals surface area contributed by atoms with Crippen molar-refractivity contribution < 1.29 is 4.79 Å². The molecular weight excluding hydrogens is 248 g/mol. The molecule has 1 aromatic rings. The van der Waals surface area contributed by atoms with Crippen LogP contribution in [0.4, 0.5) is 0 Å². The number of amides is 1. The van der Waals surface area contributed by atoms with Crippen molar-refractivity contribution >= 4 is 17.5 Å². The summed E-state index contributed by atoms with van der Waals surface area (Å²) in [6.45, 7) is 0. The van der Waals surface area contributed by atoms with Crippen LogP contribution in [-0.2, 0) is 11.2 Å². The van der Waals surface area contributed by atoms with Crippen molar-refractivity contribution in [3.63, 3.8) is 0 Å². The Balaban J connectivity index is 1.91. The molecule has 1 aliphatic carbocycles. The minimum Gasteiger partial charge on any atom is -0.352 e. The first-order chi connectivity index (χ1) is 8.69. The fourth-order valence-corrected chi connectivity index (χ4v) is 2.59. The number of nitriles is 1. The standard InChI is InChI=1S/C14H15ClN2O/c15-12-5-1-3-10(7-12)8-14(18)17-13-6-2-4-11(13)9-16/h1,3,5,7,11,13H,2,4,6,8H2,(H,17,18). The highest BCUT2D eigenvalue weighted by Crippen LogP contribution is 2.24. The summed E-state index contributed by atoms with van der Waals surface area (Å²) in [6, 6.07) is 9.55. The fourth-order valence-electron chi connectivity index (χ4n) is 2.38. The van der Waals surface area contributed by atoms with E-state index in [4.69, 9.17) is 16.9 Å². The Morgan fingerprint density at radius 2 is 2.33 bits per heavy atom. The van der Waals surface area contributed by atoms with Crippen LogP contribution in [0.2, 0.25) is 5.02 Å². The summed E-state index contributed by atoms with van der Waals surface area (Å²) in [5.74, 6) is -0.0715. The third-order valence-corrected chi connectivity index (χ3v) is 3.52. The minimum absolute atomic E-state index is 0.0154. The Hall–Kier alpha value is -1.53. The molecule has 1 saturated carbocycles. The molecule has 0 aromatic heterocycles. The Morgan fingerprint density at radius 3 is 3.06 bits per heavy atom. The number of carbonyl (C=O) groups is 1. The van der Waals surface area contributed by atoms with Gasteiger partial charge in [-0.3, -0.25) is 4.79 Å². The summed E-state index contributed by atoms with van der Waals surface area (Å²) in [7, 11) is 0. The molecule has 0 radical (unpaired) electrons. The quantitative estimate of drug-likeness (QED) is 0.911. The molecule has 1 aromatic carbocycles. The van der Waals surface area contributed by atoms with Crippen molar-refractivity contribution in [2.24, 2.45) is 5.92 Å². The Morgan fingerprint density at radius 1 is 1.50 bits per heavy atom. The summed E-state index contributed by atoms with van der Waals surface area (Å²) in [4.78, 5) is 11.9. The van der Waals surface area contributed by atoms with Gasteiger partial charge in [-0.1, -0.05) is 23.7 Å². The first-order valence-corrected chi connectivity index (χ1v) is 6.50. The van der Waals surface area contributed by atoms with E-state index in [0.717, 1.165) is 24.8 Å². The van der Waals surface area contributed by atoms with Gasteiger partial charge in [0, 0.05) is 11.1 Å². The number of nitrogens with zero attached hydrogens (tertiary/aromatic N) is 1. The molecular formula is C14H15ClN2O. The van der Waals surface area contributed by atoms with Gasteiger partial charge in [0.15, 0.2) is 0 Å². The molecule has 94 valence electrons. The van der Waals surface area contributed by atoms with E-state index in [1.54, 1.807) is 12.1 Å². The van der Waals surface area contributed by atoms with Crippen LogP contribution >= 0.6 is 11.6 Å². The molecule has 1 N–H and O–H groups in total. The second-order valence-electron chi connectivity index (χ2n) is 4.65. The van der Waals surface area contributed by atoms with E-state index in [9.17, 15) is 4.79 Å². The predicted octanol–water partition coefficient (Wildman–Crippen LogP) is 2.69. The highest BCUT2D eigenvalue weighted by Gasteiger charge is 2.28. The fraction of sp³-hybridized carbons (Fsp3) is 0.429. The lowest BCUT2D eigenvalue weighted by Crippen LogP contribution is -2.37. The molecule has 0 bridgehead atoms. The summed E-state index contributed by atoms with van der Waals surface area (Å²) < 4.78 is 0. The maximum absolute atomic E-state index is 11.9. The number of rotatable bonds is 3. The molecule has 1 aliphatic rings. The molecule has 2 unspecified atom stereocenters. The third kappa shape index (κ3) is 3.24. The highest BCUT2D eigenvalue weighted by molar-refractivity contribution is 6.30. The molecule has 0 aliphatic heterocycles. The average Bonchev–Trinajstić information content (AvgIpc) is 2.76. The molecule has 0 spiro atoms. The monoisotopic (exact) mass is 262 g/mol. The van der Waals surface area contributed by atoms with Crippen LogP contribution < -0.4 is 5.32 Å². The molecule has 18 heavy (non-hydrogen) atoms. The summed E-state index contributed by atoms with van der Waals surface area (Å²) >= 11 is 5.87. The summed E-state index contributed by atoms with van der Waals surface area (Å²) in [6.07, 6.45) is 3.12. The second-order valence-corrected chi connectivity index (χ2v) is 5.08. The first kappa shape index (κ1) is 12.9. The van der Waals surface area contributed by atoms with Gasteiger partial charge < -0.3 is 5.32 Å². The third-order valence-electron chi connectivity index (χ3n) is 3.28. The van der Waals surface area contributed by atoms with Crippen molar-refractivity contribution in [3.05, 3.63) is 34.9 Å². The first-order valence-electron chi connectivity index (χ1n) is 6.12. The van der Waals surface area contributed by atoms with E-state index in [0.29, 0.717) is 11.4 Å². The number of hydrogen-bond acceptors (Lipinski definition) is 2. The Labute approximate surface area is 112 Å². The van der Waals surface area contributed by atoms with E-state index in [1.807, 2.05) is 12.1 Å². The summed E-state index contributed by atoms with van der Waals surface area (Å²) in [5.41, 5.74) is 0.895. The van der Waals surface area contributed by atoms with Crippen molar-refractivity contribution in [2.45, 2.75) is 31.7 Å². The molecule has 2 rings (SSSR count). The van der Waals surface area contributed by atoms with Crippen LogP contribution in [0, 0.1) is 17.2 Å². The molecule has 0 saturated heterocycles. The zero-order chi connectivity index (χ0) is 13.0. The number of hydrogen-bond donors (Lipinski definition) is 1. The van der Waals surface area contributed by atoms with Crippen LogP contribution in [0.3, 0.4) is 0 Å². The molecule has 0 heterocycles. The topological polar surface area (TPSA) is 52.9 Å². The van der Waals surface area contributed by atoms with Crippen LogP contribution in [-0.4, -0.2) is 11.9 Å². The lowest BCUT2D eigenvalue weighted by Gasteiger charge is -2.15. The Kier molecular flexibility index (Phi) is 4.22. The van der Waals surface area contributed by atoms with E-state index >= 15 is 0 Å². The minimum atomic E-state index is -0.0376. The van der Waals surface area contributed by atoms with Crippen LogP contribution in [0.5, 0.6) is 0 Å². The lowest BCUT2D eigenvalue weighted by molar-refractivity contribution is -0.121. The van der Waals surface area contributed by atoms with Gasteiger partial charge in [-0.05, 0) is 37.0 Å². The van der Waals surface area contributed by atoms with Gasteiger partial charge in [0.1, 0.15) is 0 Å². The largest absolute Gasteiger partial charge is 0.352 e. The lowest BCUT2D eigenvalue weighted by atomic mass is 10.1. The zero-order valence-electron chi connectivity index (χ0n) is 10.0. The number of nitrogens with one attached hydrogen (secondary N) is 1. The van der Waals surface area contributed by atoms with Crippen molar-refractivity contribution in [1.29, 1.82) is 5.26 Å². The average molecular weight is 263 g/mol. The van der Waals surface area contributed by atoms with Gasteiger partial charge in [-0.2, -0.15) is 5.26 Å². The van der Waals surface area contributed by atoms with Gasteiger partial charge in [-0.15, -0.1) is 0 Å². The number of carbonyl (C=O) groups excluding carboxylic acids is 1. The van der Waals surface area contributed by atoms with Crippen LogP contribution in [0.1, 0.15) is 24.8 Å². The second kappa shape index (κ2) is 5.88. The van der Waals surface area contributed by atoms with Gasteiger partial charge in [0.25, 0.3) is 0 Å². The van der Waals surface area contributed by atoms with Crippen LogP contribution in [0.25, 0.3) is 0 Å². The summed E-state index contributed by atoms with van der Waals surface area (Å²) in [5, 5.41) is 12.5.